The van der Waals surface area contributed by atoms with Crippen molar-refractivity contribution in [2.75, 3.05) is 0 Å². The van der Waals surface area contributed by atoms with Gasteiger partial charge >= 0.3 is 11.9 Å². The quantitative estimate of drug-likeness (QED) is 0.425. The van der Waals surface area contributed by atoms with E-state index < -0.39 is 12.2 Å². The monoisotopic (exact) mass is 474 g/mol. The first-order chi connectivity index (χ1) is 16.8. The summed E-state index contributed by atoms with van der Waals surface area (Å²) in [6.07, 6.45) is 4.81. The van der Waals surface area contributed by atoms with Crippen LogP contribution in [0.1, 0.15) is 80.5 Å². The summed E-state index contributed by atoms with van der Waals surface area (Å²) in [6.45, 7) is 9.08. The summed E-state index contributed by atoms with van der Waals surface area (Å²) in [7, 11) is 0. The number of hydrogen-bond acceptors (Lipinski definition) is 4. The van der Waals surface area contributed by atoms with Gasteiger partial charge in [-0.3, -0.25) is 0 Å². The van der Waals surface area contributed by atoms with Crippen LogP contribution in [-0.2, 0) is 9.47 Å². The van der Waals surface area contributed by atoms with Crippen LogP contribution in [0.4, 0.5) is 0 Å². The third-order valence-electron chi connectivity index (χ3n) is 9.73. The Labute approximate surface area is 209 Å². The van der Waals surface area contributed by atoms with Gasteiger partial charge in [0.05, 0.1) is 11.1 Å². The minimum absolute atomic E-state index is 0.193. The Morgan fingerprint density at radius 2 is 1.06 bits per heavy atom. The predicted molar refractivity (Wildman–Crippen MR) is 136 cm³/mol. The zero-order chi connectivity index (χ0) is 24.8. The second kappa shape index (κ2) is 9.11. The molecule has 3 aliphatic carbocycles. The molecule has 4 nitrogen and oxygen atoms in total. The number of benzene rings is 2. The Kier molecular flexibility index (Phi) is 6.27. The number of esters is 2. The predicted octanol–water partition coefficient (Wildman–Crippen LogP) is 6.95. The number of carbonyl (C=O) groups is 2. The van der Waals surface area contributed by atoms with Crippen LogP contribution in [0.3, 0.4) is 0 Å². The van der Waals surface area contributed by atoms with Crippen molar-refractivity contribution in [3.8, 4) is 0 Å². The lowest BCUT2D eigenvalue weighted by Gasteiger charge is -2.54. The molecule has 0 aliphatic heterocycles. The van der Waals surface area contributed by atoms with E-state index in [0.29, 0.717) is 34.8 Å². The van der Waals surface area contributed by atoms with E-state index in [1.165, 1.54) is 12.8 Å². The topological polar surface area (TPSA) is 52.6 Å². The van der Waals surface area contributed by atoms with Crippen LogP contribution in [0.2, 0.25) is 0 Å². The summed E-state index contributed by atoms with van der Waals surface area (Å²) in [5, 5.41) is 0. The molecule has 3 fully saturated rings. The average Bonchev–Trinajstić information content (AvgIpc) is 3.35. The van der Waals surface area contributed by atoms with Gasteiger partial charge in [-0.25, -0.2) is 9.59 Å². The van der Waals surface area contributed by atoms with Gasteiger partial charge in [0.2, 0.25) is 0 Å². The first-order valence-corrected chi connectivity index (χ1v) is 13.3. The number of ether oxygens (including phenoxy) is 2. The van der Waals surface area contributed by atoms with Crippen molar-refractivity contribution in [2.24, 2.45) is 34.5 Å². The van der Waals surface area contributed by atoms with Crippen LogP contribution in [0.25, 0.3) is 0 Å². The van der Waals surface area contributed by atoms with Crippen molar-refractivity contribution < 1.29 is 19.1 Å². The van der Waals surface area contributed by atoms with Gasteiger partial charge in [0, 0.05) is 10.8 Å². The molecule has 5 rings (SSSR count). The Morgan fingerprint density at radius 1 is 0.686 bits per heavy atom. The first kappa shape index (κ1) is 24.1. The zero-order valence-electron chi connectivity index (χ0n) is 21.4. The van der Waals surface area contributed by atoms with Gasteiger partial charge in [-0.15, -0.1) is 0 Å². The summed E-state index contributed by atoms with van der Waals surface area (Å²) in [4.78, 5) is 26.8. The molecule has 0 amide bonds. The Hall–Kier alpha value is -2.62. The number of rotatable bonds is 6. The molecule has 0 N–H and O–H groups in total. The zero-order valence-corrected chi connectivity index (χ0v) is 21.4. The van der Waals surface area contributed by atoms with Crippen molar-refractivity contribution in [2.45, 2.75) is 72.0 Å². The van der Waals surface area contributed by atoms with Crippen LogP contribution in [0, 0.1) is 34.5 Å². The summed E-state index contributed by atoms with van der Waals surface area (Å²) < 4.78 is 12.9. The van der Waals surface area contributed by atoms with Gasteiger partial charge in [0.25, 0.3) is 0 Å². The van der Waals surface area contributed by atoms with Crippen molar-refractivity contribution in [3.05, 3.63) is 71.8 Å². The molecule has 2 bridgehead atoms. The average molecular weight is 475 g/mol. The largest absolute Gasteiger partial charge is 0.454 e. The molecular weight excluding hydrogens is 436 g/mol. The fourth-order valence-corrected chi connectivity index (χ4v) is 8.18. The summed E-state index contributed by atoms with van der Waals surface area (Å²) in [5.41, 5.74) is 0.699. The van der Waals surface area contributed by atoms with Crippen LogP contribution < -0.4 is 0 Å². The molecule has 4 heteroatoms. The third kappa shape index (κ3) is 3.63. The van der Waals surface area contributed by atoms with E-state index >= 15 is 0 Å². The maximum absolute atomic E-state index is 13.4. The van der Waals surface area contributed by atoms with E-state index in [4.69, 9.17) is 9.47 Å². The Balaban J connectivity index is 1.60. The van der Waals surface area contributed by atoms with Crippen molar-refractivity contribution in [1.29, 1.82) is 0 Å². The number of carbonyl (C=O) groups excluding carboxylic acids is 2. The Morgan fingerprint density at radius 3 is 1.40 bits per heavy atom. The van der Waals surface area contributed by atoms with Crippen molar-refractivity contribution >= 4 is 11.9 Å². The van der Waals surface area contributed by atoms with Gasteiger partial charge in [-0.05, 0) is 67.2 Å². The molecule has 3 aliphatic rings. The fraction of sp³-hybridized carbons (Fsp3) is 0.548. The Bertz CT molecular complexity index is 976. The van der Waals surface area contributed by atoms with Gasteiger partial charge in [-0.2, -0.15) is 0 Å². The molecule has 0 aromatic heterocycles. The highest BCUT2D eigenvalue weighted by atomic mass is 16.6. The molecule has 0 spiro atoms. The molecule has 6 unspecified atom stereocenters. The van der Waals surface area contributed by atoms with E-state index in [1.54, 1.807) is 24.3 Å². The first-order valence-electron chi connectivity index (χ1n) is 13.3. The van der Waals surface area contributed by atoms with Gasteiger partial charge in [0.15, 0.2) is 0 Å². The maximum Gasteiger partial charge on any atom is 0.338 e. The smallest absolute Gasteiger partial charge is 0.338 e. The molecule has 0 radical (unpaired) electrons. The molecule has 0 saturated heterocycles. The molecule has 35 heavy (non-hydrogen) atoms. The van der Waals surface area contributed by atoms with Gasteiger partial charge < -0.3 is 9.47 Å². The summed E-state index contributed by atoms with van der Waals surface area (Å²) >= 11 is 0. The standard InChI is InChI=1S/C31H38O4/c1-20(2)30-19-31(21(3)4,25-18-12-11-17-24(25)30)27(35-29(33)23-15-9-6-10-16-23)26(30)34-28(32)22-13-7-5-8-14-22/h5-10,13-16,20-21,24-27H,11-12,17-19H2,1-4H3. The lowest BCUT2D eigenvalue weighted by atomic mass is 9.54. The van der Waals surface area contributed by atoms with E-state index in [9.17, 15) is 9.59 Å². The SMILES string of the molecule is CC(C)C12CC(C(C)C)(C3CCCCC31)C(OC(=O)c1ccccc1)C2OC(=O)c1ccccc1. The van der Waals surface area contributed by atoms with E-state index in [2.05, 4.69) is 27.7 Å². The summed E-state index contributed by atoms with van der Waals surface area (Å²) in [6, 6.07) is 18.4. The molecule has 0 heterocycles. The highest BCUT2D eigenvalue weighted by molar-refractivity contribution is 5.90. The van der Waals surface area contributed by atoms with Crippen LogP contribution in [0.5, 0.6) is 0 Å². The minimum atomic E-state index is -0.454. The second-order valence-corrected chi connectivity index (χ2v) is 11.6. The second-order valence-electron chi connectivity index (χ2n) is 11.6. The van der Waals surface area contributed by atoms with E-state index in [-0.39, 0.29) is 22.8 Å². The highest BCUT2D eigenvalue weighted by Gasteiger charge is 2.77. The minimum Gasteiger partial charge on any atom is -0.454 e. The molecule has 2 aromatic carbocycles. The molecule has 3 saturated carbocycles. The van der Waals surface area contributed by atoms with Crippen LogP contribution in [0.15, 0.2) is 60.7 Å². The molecule has 2 aromatic rings. The number of hydrogen-bond donors (Lipinski definition) is 0. The van der Waals surface area contributed by atoms with Gasteiger partial charge in [0.1, 0.15) is 12.2 Å². The fourth-order valence-electron chi connectivity index (χ4n) is 8.18. The van der Waals surface area contributed by atoms with E-state index in [0.717, 1.165) is 19.3 Å². The van der Waals surface area contributed by atoms with Gasteiger partial charge in [-0.1, -0.05) is 76.9 Å². The lowest BCUT2D eigenvalue weighted by Crippen LogP contribution is -2.59. The maximum atomic E-state index is 13.4. The van der Waals surface area contributed by atoms with Crippen LogP contribution >= 0.6 is 0 Å². The highest BCUT2D eigenvalue weighted by Crippen LogP contribution is 2.75. The molecule has 6 atom stereocenters. The lowest BCUT2D eigenvalue weighted by molar-refractivity contribution is -0.163. The van der Waals surface area contributed by atoms with Crippen molar-refractivity contribution in [3.63, 3.8) is 0 Å². The third-order valence-corrected chi connectivity index (χ3v) is 9.73. The molecule has 186 valence electrons. The number of fused-ring (bicyclic) bond motifs is 5. The summed E-state index contributed by atoms with van der Waals surface area (Å²) in [5.74, 6) is 0.939. The van der Waals surface area contributed by atoms with Crippen molar-refractivity contribution in [1.82, 2.24) is 0 Å². The van der Waals surface area contributed by atoms with Crippen LogP contribution in [-0.4, -0.2) is 24.1 Å². The normalized spacial score (nSPS) is 33.5. The molecular formula is C31H38O4. The van der Waals surface area contributed by atoms with E-state index in [1.807, 2.05) is 36.4 Å².